The van der Waals surface area contributed by atoms with E-state index in [1.807, 2.05) is 0 Å². The lowest BCUT2D eigenvalue weighted by atomic mass is 10.3. The number of rotatable bonds is 3. The van der Waals surface area contributed by atoms with E-state index in [-0.39, 0.29) is 18.0 Å². The molecule has 1 rings (SSSR count). The highest BCUT2D eigenvalue weighted by Gasteiger charge is 2.05. The topological polar surface area (TPSA) is 29.1 Å². The van der Waals surface area contributed by atoms with Crippen LogP contribution in [0.3, 0.4) is 0 Å². The highest BCUT2D eigenvalue weighted by atomic mass is 79.9. The van der Waals surface area contributed by atoms with Crippen LogP contribution in [0.5, 0.6) is 0 Å². The quantitative estimate of drug-likeness (QED) is 0.818. The van der Waals surface area contributed by atoms with E-state index < -0.39 is 5.82 Å². The van der Waals surface area contributed by atoms with Crippen LogP contribution in [0.2, 0.25) is 0 Å². The van der Waals surface area contributed by atoms with Gasteiger partial charge in [0.15, 0.2) is 0 Å². The van der Waals surface area contributed by atoms with E-state index in [1.54, 1.807) is 6.07 Å². The van der Waals surface area contributed by atoms with Crippen LogP contribution in [0.15, 0.2) is 22.7 Å². The average Bonchev–Trinajstić information content (AvgIpc) is 2.10. The molecular formula is C9H9BrFNOS. The van der Waals surface area contributed by atoms with Crippen LogP contribution in [0.4, 0.5) is 10.1 Å². The number of halogens is 2. The fraction of sp³-hybridized carbons (Fsp3) is 0.222. The fourth-order valence-electron chi connectivity index (χ4n) is 0.905. The van der Waals surface area contributed by atoms with Gasteiger partial charge in [-0.15, -0.1) is 0 Å². The van der Waals surface area contributed by atoms with Gasteiger partial charge in [-0.05, 0) is 24.0 Å². The van der Waals surface area contributed by atoms with Crippen LogP contribution >= 0.6 is 28.6 Å². The Morgan fingerprint density at radius 3 is 2.86 bits per heavy atom. The first-order valence-electron chi connectivity index (χ1n) is 3.99. The molecule has 5 heteroatoms. The van der Waals surface area contributed by atoms with E-state index in [0.29, 0.717) is 10.2 Å². The summed E-state index contributed by atoms with van der Waals surface area (Å²) >= 11 is 7.03. The summed E-state index contributed by atoms with van der Waals surface area (Å²) in [6, 6.07) is 4.48. The first-order valence-corrected chi connectivity index (χ1v) is 5.42. The Morgan fingerprint density at radius 2 is 2.29 bits per heavy atom. The van der Waals surface area contributed by atoms with Gasteiger partial charge in [-0.25, -0.2) is 4.39 Å². The number of anilines is 1. The largest absolute Gasteiger partial charge is 0.324 e. The molecule has 0 heterocycles. The van der Waals surface area contributed by atoms with Crippen LogP contribution in [0.1, 0.15) is 6.42 Å². The molecular weight excluding hydrogens is 269 g/mol. The zero-order chi connectivity index (χ0) is 10.6. The minimum absolute atomic E-state index is 0.194. The summed E-state index contributed by atoms with van der Waals surface area (Å²) in [7, 11) is 0. The summed E-state index contributed by atoms with van der Waals surface area (Å²) in [6.45, 7) is 0. The minimum atomic E-state index is -0.452. The molecule has 0 saturated heterocycles. The Labute approximate surface area is 95.4 Å². The van der Waals surface area contributed by atoms with E-state index in [9.17, 15) is 9.18 Å². The molecule has 0 aliphatic heterocycles. The molecule has 76 valence electrons. The first kappa shape index (κ1) is 11.5. The number of carbonyl (C=O) groups is 1. The first-order chi connectivity index (χ1) is 6.63. The van der Waals surface area contributed by atoms with Gasteiger partial charge < -0.3 is 5.32 Å². The SMILES string of the molecule is O=C(CCS)Nc1ccc(Br)cc1F. The van der Waals surface area contributed by atoms with Crippen molar-refractivity contribution in [3.63, 3.8) is 0 Å². The van der Waals surface area contributed by atoms with Crippen molar-refractivity contribution in [1.29, 1.82) is 0 Å². The molecule has 0 aliphatic carbocycles. The standard InChI is InChI=1S/C9H9BrFNOS/c10-6-1-2-8(7(11)5-6)12-9(13)3-4-14/h1-2,5,14H,3-4H2,(H,12,13). The molecule has 1 aromatic carbocycles. The molecule has 0 fully saturated rings. The summed E-state index contributed by atoms with van der Waals surface area (Å²) in [5.74, 6) is -0.239. The van der Waals surface area contributed by atoms with Gasteiger partial charge >= 0.3 is 0 Å². The van der Waals surface area contributed by atoms with Crippen molar-refractivity contribution in [3.05, 3.63) is 28.5 Å². The third-order valence-corrected chi connectivity index (χ3v) is 2.26. The van der Waals surface area contributed by atoms with E-state index >= 15 is 0 Å². The van der Waals surface area contributed by atoms with Gasteiger partial charge in [0.05, 0.1) is 5.69 Å². The smallest absolute Gasteiger partial charge is 0.225 e. The van der Waals surface area contributed by atoms with Gasteiger partial charge in [0, 0.05) is 10.9 Å². The zero-order valence-electron chi connectivity index (χ0n) is 7.26. The summed E-state index contributed by atoms with van der Waals surface area (Å²) in [5, 5.41) is 2.45. The Balaban J connectivity index is 2.72. The van der Waals surface area contributed by atoms with Crippen molar-refractivity contribution in [3.8, 4) is 0 Å². The predicted octanol–water partition coefficient (Wildman–Crippen LogP) is 2.85. The van der Waals surface area contributed by atoms with Crippen LogP contribution in [-0.2, 0) is 4.79 Å². The molecule has 1 amide bonds. The summed E-state index contributed by atoms with van der Waals surface area (Å²) in [6.07, 6.45) is 0.276. The molecule has 0 bridgehead atoms. The molecule has 1 N–H and O–H groups in total. The highest BCUT2D eigenvalue weighted by Crippen LogP contribution is 2.19. The second-order valence-corrected chi connectivity index (χ2v) is 4.01. The van der Waals surface area contributed by atoms with Gasteiger partial charge in [0.1, 0.15) is 5.82 Å². The molecule has 1 aromatic rings. The van der Waals surface area contributed by atoms with Gasteiger partial charge in [-0.1, -0.05) is 15.9 Å². The number of amides is 1. The van der Waals surface area contributed by atoms with Crippen molar-refractivity contribution in [2.75, 3.05) is 11.1 Å². The Hall–Kier alpha value is -0.550. The second kappa shape index (κ2) is 5.36. The molecule has 0 aliphatic rings. The Morgan fingerprint density at radius 1 is 1.57 bits per heavy atom. The number of thiol groups is 1. The maximum Gasteiger partial charge on any atom is 0.225 e. The maximum absolute atomic E-state index is 13.2. The lowest BCUT2D eigenvalue weighted by Crippen LogP contribution is -2.12. The fourth-order valence-corrected chi connectivity index (χ4v) is 1.44. The molecule has 0 spiro atoms. The summed E-state index contributed by atoms with van der Waals surface area (Å²) < 4.78 is 13.8. The third kappa shape index (κ3) is 3.31. The molecule has 14 heavy (non-hydrogen) atoms. The van der Waals surface area contributed by atoms with Gasteiger partial charge in [0.2, 0.25) is 5.91 Å². The van der Waals surface area contributed by atoms with E-state index in [0.717, 1.165) is 0 Å². The van der Waals surface area contributed by atoms with Crippen molar-refractivity contribution in [2.24, 2.45) is 0 Å². The third-order valence-electron chi connectivity index (χ3n) is 1.54. The van der Waals surface area contributed by atoms with Crippen LogP contribution in [-0.4, -0.2) is 11.7 Å². The molecule has 0 radical (unpaired) electrons. The second-order valence-electron chi connectivity index (χ2n) is 2.65. The Kier molecular flexibility index (Phi) is 4.41. The summed E-state index contributed by atoms with van der Waals surface area (Å²) in [5.41, 5.74) is 0.194. The molecule has 0 unspecified atom stereocenters. The van der Waals surface area contributed by atoms with Crippen molar-refractivity contribution in [1.82, 2.24) is 0 Å². The molecule has 0 aromatic heterocycles. The molecule has 2 nitrogen and oxygen atoms in total. The molecule has 0 saturated carbocycles. The zero-order valence-corrected chi connectivity index (χ0v) is 9.74. The average molecular weight is 278 g/mol. The number of hydrogen-bond acceptors (Lipinski definition) is 2. The van der Waals surface area contributed by atoms with E-state index in [2.05, 4.69) is 33.9 Å². The lowest BCUT2D eigenvalue weighted by Gasteiger charge is -2.05. The highest BCUT2D eigenvalue weighted by molar-refractivity contribution is 9.10. The van der Waals surface area contributed by atoms with E-state index in [4.69, 9.17) is 0 Å². The van der Waals surface area contributed by atoms with Crippen molar-refractivity contribution in [2.45, 2.75) is 6.42 Å². The lowest BCUT2D eigenvalue weighted by molar-refractivity contribution is -0.115. The van der Waals surface area contributed by atoms with Crippen molar-refractivity contribution >= 4 is 40.2 Å². The summed E-state index contributed by atoms with van der Waals surface area (Å²) in [4.78, 5) is 11.1. The number of benzene rings is 1. The molecule has 0 atom stereocenters. The van der Waals surface area contributed by atoms with Crippen molar-refractivity contribution < 1.29 is 9.18 Å². The van der Waals surface area contributed by atoms with E-state index in [1.165, 1.54) is 12.1 Å². The number of carbonyl (C=O) groups excluding carboxylic acids is 1. The van der Waals surface area contributed by atoms with Crippen LogP contribution in [0, 0.1) is 5.82 Å². The van der Waals surface area contributed by atoms with Crippen LogP contribution < -0.4 is 5.32 Å². The number of hydrogen-bond donors (Lipinski definition) is 2. The maximum atomic E-state index is 13.2. The minimum Gasteiger partial charge on any atom is -0.324 e. The normalized spacial score (nSPS) is 9.93. The van der Waals surface area contributed by atoms with Gasteiger partial charge in [0.25, 0.3) is 0 Å². The predicted molar refractivity (Wildman–Crippen MR) is 61.2 cm³/mol. The monoisotopic (exact) mass is 277 g/mol. The van der Waals surface area contributed by atoms with Gasteiger partial charge in [-0.3, -0.25) is 4.79 Å². The van der Waals surface area contributed by atoms with Crippen LogP contribution in [0.25, 0.3) is 0 Å². The van der Waals surface area contributed by atoms with Gasteiger partial charge in [-0.2, -0.15) is 12.6 Å². The number of nitrogens with one attached hydrogen (secondary N) is 1. The Bertz CT molecular complexity index is 346.